The first kappa shape index (κ1) is 15.4. The van der Waals surface area contributed by atoms with E-state index in [-0.39, 0.29) is 0 Å². The number of nitrogens with zero attached hydrogens (tertiary/aromatic N) is 4. The Hall–Kier alpha value is -1.51. The summed E-state index contributed by atoms with van der Waals surface area (Å²) in [6, 6.07) is 8.47. The molecule has 6 nitrogen and oxygen atoms in total. The Kier molecular flexibility index (Phi) is 4.42. The maximum Gasteiger partial charge on any atom is 0.243 e. The van der Waals surface area contributed by atoms with Crippen LogP contribution < -0.4 is 4.90 Å². The van der Waals surface area contributed by atoms with E-state index in [0.717, 1.165) is 4.47 Å². The molecule has 3 rings (SSSR count). The van der Waals surface area contributed by atoms with E-state index < -0.39 is 10.0 Å². The lowest BCUT2D eigenvalue weighted by molar-refractivity contribution is 0.382. The minimum absolute atomic E-state index is 0.320. The Balaban J connectivity index is 1.72. The minimum Gasteiger partial charge on any atom is -0.338 e. The number of sulfonamides is 1. The Bertz CT molecular complexity index is 729. The molecule has 2 heterocycles. The SMILES string of the molecule is O=S(=O)(c1ccc(Br)cc1)N1CCN(c2ncccn2)CC1. The lowest BCUT2D eigenvalue weighted by atomic mass is 10.4. The molecule has 0 N–H and O–H groups in total. The fourth-order valence-electron chi connectivity index (χ4n) is 2.34. The van der Waals surface area contributed by atoms with Crippen LogP contribution in [0.15, 0.2) is 52.1 Å². The normalized spacial score (nSPS) is 16.7. The second-order valence-electron chi connectivity index (χ2n) is 4.89. The van der Waals surface area contributed by atoms with Gasteiger partial charge in [0.25, 0.3) is 0 Å². The third kappa shape index (κ3) is 3.13. The summed E-state index contributed by atoms with van der Waals surface area (Å²) >= 11 is 3.31. The molecule has 2 aromatic rings. The van der Waals surface area contributed by atoms with Crippen molar-refractivity contribution < 1.29 is 8.42 Å². The average Bonchev–Trinajstić information content (AvgIpc) is 2.56. The molecule has 0 saturated carbocycles. The summed E-state index contributed by atoms with van der Waals surface area (Å²) in [6.07, 6.45) is 3.38. The van der Waals surface area contributed by atoms with Gasteiger partial charge in [0, 0.05) is 43.0 Å². The molecule has 1 aliphatic heterocycles. The average molecular weight is 383 g/mol. The van der Waals surface area contributed by atoms with Crippen molar-refractivity contribution in [1.29, 1.82) is 0 Å². The van der Waals surface area contributed by atoms with Crippen molar-refractivity contribution in [2.24, 2.45) is 0 Å². The summed E-state index contributed by atoms with van der Waals surface area (Å²) in [5.41, 5.74) is 0. The van der Waals surface area contributed by atoms with Crippen LogP contribution in [0.1, 0.15) is 0 Å². The van der Waals surface area contributed by atoms with Crippen molar-refractivity contribution in [3.05, 3.63) is 47.2 Å². The third-order valence-electron chi connectivity index (χ3n) is 3.53. The van der Waals surface area contributed by atoms with Crippen LogP contribution in [0.5, 0.6) is 0 Å². The van der Waals surface area contributed by atoms with Crippen LogP contribution >= 0.6 is 15.9 Å². The predicted molar refractivity (Wildman–Crippen MR) is 87.1 cm³/mol. The summed E-state index contributed by atoms with van der Waals surface area (Å²) in [5.74, 6) is 0.642. The molecule has 8 heteroatoms. The van der Waals surface area contributed by atoms with Gasteiger partial charge in [0.05, 0.1) is 4.90 Å². The van der Waals surface area contributed by atoms with Gasteiger partial charge in [0.2, 0.25) is 16.0 Å². The summed E-state index contributed by atoms with van der Waals surface area (Å²) in [7, 11) is -3.44. The van der Waals surface area contributed by atoms with Gasteiger partial charge >= 0.3 is 0 Å². The summed E-state index contributed by atoms with van der Waals surface area (Å²) in [4.78, 5) is 10.7. The van der Waals surface area contributed by atoms with Gasteiger partial charge in [0.15, 0.2) is 0 Å². The van der Waals surface area contributed by atoms with Crippen molar-refractivity contribution in [1.82, 2.24) is 14.3 Å². The molecule has 1 aromatic carbocycles. The first-order chi connectivity index (χ1) is 10.6. The molecule has 1 saturated heterocycles. The number of halogens is 1. The molecule has 1 fully saturated rings. The van der Waals surface area contributed by atoms with Gasteiger partial charge in [-0.15, -0.1) is 0 Å². The van der Waals surface area contributed by atoms with E-state index >= 15 is 0 Å². The van der Waals surface area contributed by atoms with Crippen LogP contribution in [0.25, 0.3) is 0 Å². The van der Waals surface area contributed by atoms with E-state index in [4.69, 9.17) is 0 Å². The minimum atomic E-state index is -3.44. The van der Waals surface area contributed by atoms with E-state index in [1.165, 1.54) is 4.31 Å². The number of hydrogen-bond acceptors (Lipinski definition) is 5. The lowest BCUT2D eigenvalue weighted by Crippen LogP contribution is -2.49. The first-order valence-electron chi connectivity index (χ1n) is 6.85. The Labute approximate surface area is 138 Å². The number of aromatic nitrogens is 2. The van der Waals surface area contributed by atoms with E-state index in [2.05, 4.69) is 25.9 Å². The smallest absolute Gasteiger partial charge is 0.243 e. The fourth-order valence-corrected chi connectivity index (χ4v) is 4.03. The number of hydrogen-bond donors (Lipinski definition) is 0. The second kappa shape index (κ2) is 6.31. The van der Waals surface area contributed by atoms with Gasteiger partial charge in [-0.05, 0) is 30.3 Å². The number of rotatable bonds is 3. The topological polar surface area (TPSA) is 66.4 Å². The molecule has 0 amide bonds. The van der Waals surface area contributed by atoms with E-state index in [0.29, 0.717) is 37.0 Å². The first-order valence-corrected chi connectivity index (χ1v) is 9.08. The number of benzene rings is 1. The van der Waals surface area contributed by atoms with Crippen LogP contribution in [0.3, 0.4) is 0 Å². The van der Waals surface area contributed by atoms with Crippen molar-refractivity contribution in [3.63, 3.8) is 0 Å². The maximum absolute atomic E-state index is 12.6. The molecule has 0 bridgehead atoms. The molecule has 0 unspecified atom stereocenters. The molecule has 22 heavy (non-hydrogen) atoms. The molecule has 0 spiro atoms. The highest BCUT2D eigenvalue weighted by molar-refractivity contribution is 9.10. The predicted octanol–water partition coefficient (Wildman–Crippen LogP) is 1.75. The highest BCUT2D eigenvalue weighted by atomic mass is 79.9. The third-order valence-corrected chi connectivity index (χ3v) is 5.97. The zero-order chi connectivity index (χ0) is 15.6. The standard InChI is InChI=1S/C14H15BrN4O2S/c15-12-2-4-13(5-3-12)22(20,21)19-10-8-18(9-11-19)14-16-6-1-7-17-14/h1-7H,8-11H2. The van der Waals surface area contributed by atoms with Crippen LogP contribution in [0, 0.1) is 0 Å². The quantitative estimate of drug-likeness (QED) is 0.808. The monoisotopic (exact) mass is 382 g/mol. The van der Waals surface area contributed by atoms with Crippen LogP contribution in [0.4, 0.5) is 5.95 Å². The van der Waals surface area contributed by atoms with Crippen LogP contribution in [0.2, 0.25) is 0 Å². The molecule has 0 aliphatic carbocycles. The van der Waals surface area contributed by atoms with Gasteiger partial charge in [0.1, 0.15) is 0 Å². The van der Waals surface area contributed by atoms with Gasteiger partial charge < -0.3 is 4.90 Å². The Morgan fingerprint density at radius 3 is 2.14 bits per heavy atom. The Morgan fingerprint density at radius 1 is 0.955 bits per heavy atom. The maximum atomic E-state index is 12.6. The second-order valence-corrected chi connectivity index (χ2v) is 7.75. The molecule has 0 atom stereocenters. The zero-order valence-corrected chi connectivity index (χ0v) is 14.2. The van der Waals surface area contributed by atoms with Crippen LogP contribution in [-0.2, 0) is 10.0 Å². The zero-order valence-electron chi connectivity index (χ0n) is 11.8. The number of anilines is 1. The molecule has 0 radical (unpaired) electrons. The van der Waals surface area contributed by atoms with E-state index in [1.54, 1.807) is 42.7 Å². The lowest BCUT2D eigenvalue weighted by Gasteiger charge is -2.33. The summed E-state index contributed by atoms with van der Waals surface area (Å²) < 4.78 is 27.6. The fraction of sp³-hybridized carbons (Fsp3) is 0.286. The summed E-state index contributed by atoms with van der Waals surface area (Å²) in [6.45, 7) is 2.02. The molecule has 116 valence electrons. The van der Waals surface area contributed by atoms with Crippen LogP contribution in [-0.4, -0.2) is 48.9 Å². The molecular weight excluding hydrogens is 368 g/mol. The largest absolute Gasteiger partial charge is 0.338 e. The van der Waals surface area contributed by atoms with E-state index in [1.807, 2.05) is 4.90 Å². The van der Waals surface area contributed by atoms with Crippen molar-refractivity contribution in [2.75, 3.05) is 31.1 Å². The van der Waals surface area contributed by atoms with Crippen molar-refractivity contribution in [2.45, 2.75) is 4.90 Å². The van der Waals surface area contributed by atoms with Gasteiger partial charge in [-0.2, -0.15) is 4.31 Å². The van der Waals surface area contributed by atoms with Gasteiger partial charge in [-0.3, -0.25) is 0 Å². The highest BCUT2D eigenvalue weighted by Crippen LogP contribution is 2.20. The molecule has 1 aromatic heterocycles. The summed E-state index contributed by atoms with van der Waals surface area (Å²) in [5, 5.41) is 0. The van der Waals surface area contributed by atoms with Crippen molar-refractivity contribution >= 4 is 31.9 Å². The van der Waals surface area contributed by atoms with Gasteiger partial charge in [-0.1, -0.05) is 15.9 Å². The molecule has 1 aliphatic rings. The van der Waals surface area contributed by atoms with Crippen molar-refractivity contribution in [3.8, 4) is 0 Å². The number of piperazine rings is 1. The highest BCUT2D eigenvalue weighted by Gasteiger charge is 2.29. The Morgan fingerprint density at radius 2 is 1.55 bits per heavy atom. The van der Waals surface area contributed by atoms with Gasteiger partial charge in [-0.25, -0.2) is 18.4 Å². The molecular formula is C14H15BrN4O2S. The van der Waals surface area contributed by atoms with E-state index in [9.17, 15) is 8.42 Å².